The Morgan fingerprint density at radius 3 is 2.80 bits per heavy atom. The molecule has 1 amide bonds. The van der Waals surface area contributed by atoms with Gasteiger partial charge in [-0.3, -0.25) is 4.79 Å². The molecule has 1 saturated heterocycles. The van der Waals surface area contributed by atoms with Crippen LogP contribution in [0.15, 0.2) is 12.3 Å². The van der Waals surface area contributed by atoms with Gasteiger partial charge in [-0.05, 0) is 17.9 Å². The van der Waals surface area contributed by atoms with Crippen molar-refractivity contribution in [1.29, 1.82) is 0 Å². The van der Waals surface area contributed by atoms with E-state index >= 15 is 0 Å². The highest BCUT2D eigenvalue weighted by Crippen LogP contribution is 2.41. The number of fused-ring (bicyclic) bond motifs is 1. The van der Waals surface area contributed by atoms with Crippen molar-refractivity contribution in [2.24, 2.45) is 11.8 Å². The molecule has 3 rings (SSSR count). The summed E-state index contributed by atoms with van der Waals surface area (Å²) in [4.78, 5) is 14.6. The fraction of sp³-hybridized carbons (Fsp3) is 0.500. The summed E-state index contributed by atoms with van der Waals surface area (Å²) >= 11 is 5.73. The van der Waals surface area contributed by atoms with Crippen molar-refractivity contribution in [2.45, 2.75) is 6.04 Å². The number of hydrogen-bond donors (Lipinski definition) is 3. The van der Waals surface area contributed by atoms with Crippen molar-refractivity contribution in [3.63, 3.8) is 0 Å². The lowest BCUT2D eigenvalue weighted by atomic mass is 10.3. The van der Waals surface area contributed by atoms with E-state index in [1.807, 2.05) is 0 Å². The van der Waals surface area contributed by atoms with Crippen LogP contribution in [0.5, 0.6) is 0 Å². The molecular weight excluding hydrogens is 214 g/mol. The summed E-state index contributed by atoms with van der Waals surface area (Å²) < 4.78 is 0. The van der Waals surface area contributed by atoms with Crippen LogP contribution in [-0.4, -0.2) is 30.0 Å². The molecule has 1 saturated carbocycles. The Hall–Kier alpha value is -1.00. The Bertz CT molecular complexity index is 393. The number of H-pyrrole nitrogens is 1. The van der Waals surface area contributed by atoms with Crippen molar-refractivity contribution in [1.82, 2.24) is 15.6 Å². The third-order valence-corrected chi connectivity index (χ3v) is 3.50. The minimum Gasteiger partial charge on any atom is -0.356 e. The Labute approximate surface area is 92.4 Å². The van der Waals surface area contributed by atoms with Crippen molar-refractivity contribution in [3.8, 4) is 0 Å². The molecule has 2 unspecified atom stereocenters. The molecule has 80 valence electrons. The summed E-state index contributed by atoms with van der Waals surface area (Å²) in [6.07, 6.45) is 1.62. The molecule has 1 aliphatic heterocycles. The number of rotatable bonds is 2. The van der Waals surface area contributed by atoms with Gasteiger partial charge in [0.2, 0.25) is 0 Å². The molecule has 15 heavy (non-hydrogen) atoms. The molecule has 1 aliphatic carbocycles. The number of carbonyl (C=O) groups is 1. The number of hydrogen-bond acceptors (Lipinski definition) is 2. The lowest BCUT2D eigenvalue weighted by molar-refractivity contribution is 0.0942. The number of aromatic amines is 1. The normalized spacial score (nSPS) is 32.5. The zero-order chi connectivity index (χ0) is 10.4. The van der Waals surface area contributed by atoms with E-state index in [9.17, 15) is 4.79 Å². The van der Waals surface area contributed by atoms with Gasteiger partial charge in [-0.15, -0.1) is 0 Å². The molecule has 0 radical (unpaired) electrons. The minimum atomic E-state index is -0.0544. The monoisotopic (exact) mass is 225 g/mol. The van der Waals surface area contributed by atoms with Crippen molar-refractivity contribution in [3.05, 3.63) is 23.0 Å². The quantitative estimate of drug-likeness (QED) is 0.691. The van der Waals surface area contributed by atoms with E-state index in [4.69, 9.17) is 11.6 Å². The second kappa shape index (κ2) is 3.25. The number of amides is 1. The predicted molar refractivity (Wildman–Crippen MR) is 56.9 cm³/mol. The van der Waals surface area contributed by atoms with Crippen molar-refractivity contribution >= 4 is 17.5 Å². The molecule has 0 bridgehead atoms. The summed E-state index contributed by atoms with van der Waals surface area (Å²) in [7, 11) is 0. The maximum Gasteiger partial charge on any atom is 0.267 e. The molecule has 0 aromatic carbocycles. The van der Waals surface area contributed by atoms with E-state index in [1.54, 1.807) is 12.3 Å². The van der Waals surface area contributed by atoms with Gasteiger partial charge in [0.05, 0.1) is 5.02 Å². The molecule has 2 atom stereocenters. The number of aromatic nitrogens is 1. The predicted octanol–water partition coefficient (Wildman–Crippen LogP) is 0.616. The Balaban J connectivity index is 1.62. The second-order valence-corrected chi connectivity index (χ2v) is 4.65. The fourth-order valence-corrected chi connectivity index (χ4v) is 2.52. The number of carbonyl (C=O) groups excluding carboxylic acids is 1. The summed E-state index contributed by atoms with van der Waals surface area (Å²) in [5, 5.41) is 6.87. The third-order valence-electron chi connectivity index (χ3n) is 3.28. The van der Waals surface area contributed by atoms with E-state index in [1.165, 1.54) is 0 Å². The number of nitrogens with one attached hydrogen (secondary N) is 3. The van der Waals surface area contributed by atoms with E-state index in [2.05, 4.69) is 15.6 Å². The molecular formula is C10H12ClN3O. The first-order valence-electron chi connectivity index (χ1n) is 5.11. The lowest BCUT2D eigenvalue weighted by Gasteiger charge is -2.06. The highest BCUT2D eigenvalue weighted by atomic mass is 35.5. The summed E-state index contributed by atoms with van der Waals surface area (Å²) in [6, 6.07) is 2.01. The smallest absolute Gasteiger partial charge is 0.267 e. The van der Waals surface area contributed by atoms with E-state index in [0.29, 0.717) is 28.6 Å². The zero-order valence-electron chi connectivity index (χ0n) is 8.09. The number of piperidine rings is 1. The molecule has 3 N–H and O–H groups in total. The van der Waals surface area contributed by atoms with Crippen LogP contribution in [0.25, 0.3) is 0 Å². The first-order valence-corrected chi connectivity index (χ1v) is 5.49. The minimum absolute atomic E-state index is 0.0544. The topological polar surface area (TPSA) is 56.9 Å². The average molecular weight is 226 g/mol. The van der Waals surface area contributed by atoms with Gasteiger partial charge in [-0.25, -0.2) is 0 Å². The van der Waals surface area contributed by atoms with Crippen LogP contribution >= 0.6 is 11.6 Å². The zero-order valence-corrected chi connectivity index (χ0v) is 8.84. The Morgan fingerprint density at radius 1 is 1.47 bits per heavy atom. The highest BCUT2D eigenvalue weighted by Gasteiger charge is 2.53. The van der Waals surface area contributed by atoms with Gasteiger partial charge in [0.15, 0.2) is 0 Å². The van der Waals surface area contributed by atoms with Gasteiger partial charge in [0.25, 0.3) is 5.91 Å². The molecule has 1 aromatic rings. The Morgan fingerprint density at radius 2 is 2.20 bits per heavy atom. The first kappa shape index (κ1) is 9.24. The second-order valence-electron chi connectivity index (χ2n) is 4.22. The van der Waals surface area contributed by atoms with E-state index < -0.39 is 0 Å². The molecule has 2 fully saturated rings. The maximum atomic E-state index is 11.7. The molecule has 2 aliphatic rings. The summed E-state index contributed by atoms with van der Waals surface area (Å²) in [5.74, 6) is 1.22. The van der Waals surface area contributed by atoms with Crippen LogP contribution in [0.1, 0.15) is 10.5 Å². The van der Waals surface area contributed by atoms with E-state index in [-0.39, 0.29) is 5.91 Å². The van der Waals surface area contributed by atoms with Crippen LogP contribution in [0.3, 0.4) is 0 Å². The van der Waals surface area contributed by atoms with Gasteiger partial charge in [0.1, 0.15) is 5.69 Å². The van der Waals surface area contributed by atoms with Gasteiger partial charge in [-0.2, -0.15) is 0 Å². The SMILES string of the molecule is O=C(NC1C2CNCC21)c1cc(Cl)c[nH]1. The molecule has 2 heterocycles. The maximum absolute atomic E-state index is 11.7. The first-order chi connectivity index (χ1) is 7.25. The standard InChI is InChI=1S/C10H12ClN3O/c11-5-1-8(13-2-5)10(15)14-9-6-3-12-4-7(6)9/h1-2,6-7,9,12-13H,3-4H2,(H,14,15). The summed E-state index contributed by atoms with van der Waals surface area (Å²) in [5.41, 5.74) is 0.540. The highest BCUT2D eigenvalue weighted by molar-refractivity contribution is 6.30. The molecule has 1 aromatic heterocycles. The van der Waals surface area contributed by atoms with Crippen LogP contribution in [0.2, 0.25) is 5.02 Å². The largest absolute Gasteiger partial charge is 0.356 e. The molecule has 4 nitrogen and oxygen atoms in total. The van der Waals surface area contributed by atoms with Crippen molar-refractivity contribution < 1.29 is 4.79 Å². The van der Waals surface area contributed by atoms with Crippen LogP contribution in [0.4, 0.5) is 0 Å². The van der Waals surface area contributed by atoms with Gasteiger partial charge < -0.3 is 15.6 Å². The van der Waals surface area contributed by atoms with Gasteiger partial charge in [0, 0.05) is 25.3 Å². The summed E-state index contributed by atoms with van der Waals surface area (Å²) in [6.45, 7) is 2.06. The third kappa shape index (κ3) is 1.54. The number of halogens is 1. The Kier molecular flexibility index (Phi) is 2.00. The molecule has 0 spiro atoms. The van der Waals surface area contributed by atoms with Crippen molar-refractivity contribution in [2.75, 3.05) is 13.1 Å². The van der Waals surface area contributed by atoms with Crippen LogP contribution in [-0.2, 0) is 0 Å². The van der Waals surface area contributed by atoms with Gasteiger partial charge in [-0.1, -0.05) is 11.6 Å². The van der Waals surface area contributed by atoms with Crippen LogP contribution < -0.4 is 10.6 Å². The van der Waals surface area contributed by atoms with Crippen LogP contribution in [0, 0.1) is 11.8 Å². The van der Waals surface area contributed by atoms with E-state index in [0.717, 1.165) is 13.1 Å². The van der Waals surface area contributed by atoms with Gasteiger partial charge >= 0.3 is 0 Å². The lowest BCUT2D eigenvalue weighted by Crippen LogP contribution is -2.32. The fourth-order valence-electron chi connectivity index (χ4n) is 2.36. The average Bonchev–Trinajstić information content (AvgIpc) is 2.66. The molecule has 5 heteroatoms.